The summed E-state index contributed by atoms with van der Waals surface area (Å²) < 4.78 is 9.68. The summed E-state index contributed by atoms with van der Waals surface area (Å²) in [7, 11) is 0. The molecule has 0 radical (unpaired) electrons. The maximum Gasteiger partial charge on any atom is 0.513 e. The number of rotatable bonds is 8. The molecular weight excluding hydrogens is 456 g/mol. The molecule has 2 amide bonds. The van der Waals surface area contributed by atoms with Crippen LogP contribution in [0.25, 0.3) is 6.08 Å². The van der Waals surface area contributed by atoms with Gasteiger partial charge >= 0.3 is 6.16 Å². The van der Waals surface area contributed by atoms with Crippen molar-refractivity contribution in [3.8, 4) is 5.75 Å². The Morgan fingerprint density at radius 2 is 1.71 bits per heavy atom. The Morgan fingerprint density at radius 3 is 2.41 bits per heavy atom. The van der Waals surface area contributed by atoms with Gasteiger partial charge in [0.2, 0.25) is 5.91 Å². The highest BCUT2D eigenvalue weighted by Crippen LogP contribution is 2.15. The van der Waals surface area contributed by atoms with E-state index in [-0.39, 0.29) is 30.7 Å². The lowest BCUT2D eigenvalue weighted by Gasteiger charge is -2.09. The van der Waals surface area contributed by atoms with Crippen LogP contribution in [0.4, 0.5) is 10.5 Å². The molecule has 3 aromatic carbocycles. The molecule has 0 saturated carbocycles. The van der Waals surface area contributed by atoms with E-state index >= 15 is 0 Å². The van der Waals surface area contributed by atoms with Crippen LogP contribution in [0.2, 0.25) is 5.02 Å². The number of amides is 2. The second kappa shape index (κ2) is 12.2. The summed E-state index contributed by atoms with van der Waals surface area (Å²) in [4.78, 5) is 36.0. The summed E-state index contributed by atoms with van der Waals surface area (Å²) in [5, 5.41) is 6.25. The fraction of sp³-hybridized carbons (Fsp3) is 0.115. The maximum atomic E-state index is 12.4. The highest BCUT2D eigenvalue weighted by atomic mass is 35.5. The molecular formula is C26H23ClN2O5. The van der Waals surface area contributed by atoms with Gasteiger partial charge in [0.1, 0.15) is 5.75 Å². The summed E-state index contributed by atoms with van der Waals surface area (Å²) in [6, 6.07) is 20.4. The Bertz CT molecular complexity index is 1170. The number of hydrogen-bond donors (Lipinski definition) is 2. The predicted molar refractivity (Wildman–Crippen MR) is 131 cm³/mol. The van der Waals surface area contributed by atoms with Gasteiger partial charge in [0.15, 0.2) is 0 Å². The first kappa shape index (κ1) is 24.5. The monoisotopic (exact) mass is 478 g/mol. The third-order valence-electron chi connectivity index (χ3n) is 4.52. The number of nitrogens with one attached hydrogen (secondary N) is 2. The number of halogens is 1. The quantitative estimate of drug-likeness (QED) is 0.255. The minimum atomic E-state index is -0.799. The zero-order chi connectivity index (χ0) is 24.3. The van der Waals surface area contributed by atoms with Crippen molar-refractivity contribution in [3.63, 3.8) is 0 Å². The summed E-state index contributed by atoms with van der Waals surface area (Å²) in [6.07, 6.45) is 2.33. The number of carbonyl (C=O) groups excluding carboxylic acids is 3. The maximum absolute atomic E-state index is 12.4. The third-order valence-corrected chi connectivity index (χ3v) is 4.78. The van der Waals surface area contributed by atoms with Crippen LogP contribution in [-0.4, -0.2) is 24.6 Å². The summed E-state index contributed by atoms with van der Waals surface area (Å²) in [5.74, 6) is -0.284. The summed E-state index contributed by atoms with van der Waals surface area (Å²) in [5.41, 5.74) is 2.69. The minimum Gasteiger partial charge on any atom is -0.434 e. The topological polar surface area (TPSA) is 93.7 Å². The Kier molecular flexibility index (Phi) is 8.82. The smallest absolute Gasteiger partial charge is 0.434 e. The van der Waals surface area contributed by atoms with Crippen LogP contribution in [0.3, 0.4) is 0 Å². The molecule has 0 unspecified atom stereocenters. The molecule has 0 saturated heterocycles. The van der Waals surface area contributed by atoms with E-state index in [0.717, 1.165) is 11.1 Å². The van der Waals surface area contributed by atoms with Gasteiger partial charge in [-0.2, -0.15) is 0 Å². The van der Waals surface area contributed by atoms with Crippen LogP contribution in [0, 0.1) is 0 Å². The molecule has 8 heteroatoms. The molecule has 0 aromatic heterocycles. The number of hydrogen-bond acceptors (Lipinski definition) is 5. The molecule has 0 bridgehead atoms. The van der Waals surface area contributed by atoms with Gasteiger partial charge in [-0.1, -0.05) is 35.9 Å². The van der Waals surface area contributed by atoms with E-state index in [1.54, 1.807) is 55.5 Å². The number of anilines is 1. The highest BCUT2D eigenvalue weighted by molar-refractivity contribution is 6.30. The van der Waals surface area contributed by atoms with Crippen molar-refractivity contribution >= 4 is 41.3 Å². The molecule has 34 heavy (non-hydrogen) atoms. The first-order valence-electron chi connectivity index (χ1n) is 10.5. The lowest BCUT2D eigenvalue weighted by Crippen LogP contribution is -2.22. The lowest BCUT2D eigenvalue weighted by molar-refractivity contribution is -0.111. The van der Waals surface area contributed by atoms with E-state index in [4.69, 9.17) is 21.1 Å². The molecule has 0 atom stereocenters. The second-order valence-electron chi connectivity index (χ2n) is 7.07. The second-order valence-corrected chi connectivity index (χ2v) is 7.50. The van der Waals surface area contributed by atoms with Crippen molar-refractivity contribution in [2.75, 3.05) is 11.9 Å². The molecule has 7 nitrogen and oxygen atoms in total. The summed E-state index contributed by atoms with van der Waals surface area (Å²) >= 11 is 5.86. The molecule has 3 aromatic rings. The Labute approximate surface area is 202 Å². The average Bonchev–Trinajstić information content (AvgIpc) is 2.83. The van der Waals surface area contributed by atoms with E-state index < -0.39 is 6.16 Å². The number of carbonyl (C=O) groups is 3. The Morgan fingerprint density at radius 1 is 0.971 bits per heavy atom. The normalized spacial score (nSPS) is 10.5. The van der Waals surface area contributed by atoms with Crippen LogP contribution >= 0.6 is 11.6 Å². The first-order chi connectivity index (χ1) is 16.4. The molecule has 174 valence electrons. The summed E-state index contributed by atoms with van der Waals surface area (Å²) in [6.45, 7) is 2.16. The van der Waals surface area contributed by atoms with Crippen molar-refractivity contribution in [1.29, 1.82) is 0 Å². The molecule has 0 aliphatic heterocycles. The molecule has 0 spiro atoms. The van der Waals surface area contributed by atoms with E-state index in [0.29, 0.717) is 16.3 Å². The van der Waals surface area contributed by atoms with Crippen LogP contribution < -0.4 is 15.4 Å². The third kappa shape index (κ3) is 7.79. The number of ether oxygens (including phenoxy) is 2. The SMILES string of the molecule is CCOC(=O)Oc1ccc(C(=O)NCc2cccc(NC(=O)/C=C/c3ccc(Cl)cc3)c2)cc1. The zero-order valence-electron chi connectivity index (χ0n) is 18.4. The molecule has 2 N–H and O–H groups in total. The van der Waals surface area contributed by atoms with Gasteiger partial charge in [-0.25, -0.2) is 4.79 Å². The van der Waals surface area contributed by atoms with Crippen LogP contribution in [-0.2, 0) is 16.1 Å². The van der Waals surface area contributed by atoms with Gasteiger partial charge < -0.3 is 20.1 Å². The largest absolute Gasteiger partial charge is 0.513 e. The van der Waals surface area contributed by atoms with Gasteiger partial charge in [-0.3, -0.25) is 9.59 Å². The molecule has 0 fully saturated rings. The molecule has 0 aliphatic carbocycles. The van der Waals surface area contributed by atoms with Crippen LogP contribution in [0.1, 0.15) is 28.4 Å². The minimum absolute atomic E-state index is 0.213. The molecule has 0 heterocycles. The fourth-order valence-electron chi connectivity index (χ4n) is 2.89. The Hall–Kier alpha value is -4.10. The van der Waals surface area contributed by atoms with Crippen LogP contribution in [0.15, 0.2) is 78.9 Å². The average molecular weight is 479 g/mol. The first-order valence-corrected chi connectivity index (χ1v) is 10.9. The van der Waals surface area contributed by atoms with Gasteiger partial charge in [0.05, 0.1) is 6.61 Å². The van der Waals surface area contributed by atoms with E-state index in [1.165, 1.54) is 18.2 Å². The van der Waals surface area contributed by atoms with Gasteiger partial charge in [0, 0.05) is 28.9 Å². The van der Waals surface area contributed by atoms with Crippen molar-refractivity contribution < 1.29 is 23.9 Å². The fourth-order valence-corrected chi connectivity index (χ4v) is 3.02. The van der Waals surface area contributed by atoms with E-state index in [9.17, 15) is 14.4 Å². The highest BCUT2D eigenvalue weighted by Gasteiger charge is 2.09. The van der Waals surface area contributed by atoms with Crippen molar-refractivity contribution in [3.05, 3.63) is 101 Å². The molecule has 3 rings (SSSR count). The predicted octanol–water partition coefficient (Wildman–Crippen LogP) is 5.46. The zero-order valence-corrected chi connectivity index (χ0v) is 19.2. The van der Waals surface area contributed by atoms with E-state index in [2.05, 4.69) is 10.6 Å². The van der Waals surface area contributed by atoms with Gasteiger partial charge in [-0.15, -0.1) is 0 Å². The van der Waals surface area contributed by atoms with E-state index in [1.807, 2.05) is 18.2 Å². The van der Waals surface area contributed by atoms with Crippen molar-refractivity contribution in [2.24, 2.45) is 0 Å². The Balaban J connectivity index is 1.51. The lowest BCUT2D eigenvalue weighted by atomic mass is 10.1. The van der Waals surface area contributed by atoms with Gasteiger partial charge in [0.25, 0.3) is 5.91 Å². The van der Waals surface area contributed by atoms with Crippen molar-refractivity contribution in [2.45, 2.75) is 13.5 Å². The van der Waals surface area contributed by atoms with Crippen molar-refractivity contribution in [1.82, 2.24) is 5.32 Å². The molecule has 0 aliphatic rings. The van der Waals surface area contributed by atoms with Crippen LogP contribution in [0.5, 0.6) is 5.75 Å². The standard InChI is InChI=1S/C26H23ClN2O5/c1-2-33-26(32)34-23-13-9-20(10-14-23)25(31)28-17-19-4-3-5-22(16-19)29-24(30)15-8-18-6-11-21(27)12-7-18/h3-16H,2,17H2,1H3,(H,28,31)(H,29,30)/b15-8+. The van der Waals surface area contributed by atoms with Gasteiger partial charge in [-0.05, 0) is 72.7 Å². The number of benzene rings is 3.